The molecule has 152 valence electrons. The first-order valence-electron chi connectivity index (χ1n) is 9.53. The van der Waals surface area contributed by atoms with Crippen molar-refractivity contribution < 1.29 is 19.3 Å². The number of benzene rings is 2. The lowest BCUT2D eigenvalue weighted by molar-refractivity contribution is -0.0185. The fourth-order valence-corrected chi connectivity index (χ4v) is 3.66. The summed E-state index contributed by atoms with van der Waals surface area (Å²) in [6.07, 6.45) is 0.396. The van der Waals surface area contributed by atoms with Gasteiger partial charge in [-0.3, -0.25) is 4.57 Å². The van der Waals surface area contributed by atoms with E-state index in [0.717, 1.165) is 16.7 Å². The third kappa shape index (κ3) is 3.21. The molecule has 0 bridgehead atoms. The summed E-state index contributed by atoms with van der Waals surface area (Å²) in [6.45, 7) is 0.0299. The number of rotatable bonds is 4. The summed E-state index contributed by atoms with van der Waals surface area (Å²) in [7, 11) is 0. The maximum absolute atomic E-state index is 13.3. The molecule has 0 saturated carbocycles. The quantitative estimate of drug-likeness (QED) is 0.482. The molecule has 7 nitrogen and oxygen atoms in total. The lowest BCUT2D eigenvalue weighted by Gasteiger charge is -2.22. The van der Waals surface area contributed by atoms with Gasteiger partial charge in [-0.1, -0.05) is 30.3 Å². The van der Waals surface area contributed by atoms with Crippen LogP contribution in [0.1, 0.15) is 6.23 Å². The SMILES string of the molecule is O[C@@H]1[C@H](O)CO[C@H]1n1cnc(Nc2ccc(F)cc2)c2c(-c3ccccc3)cnc1-2. The molecular weight excluding hydrogens is 387 g/mol. The average Bonchev–Trinajstić information content (AvgIpc) is 3.35. The Kier molecular flexibility index (Phi) is 4.66. The molecule has 1 saturated heterocycles. The summed E-state index contributed by atoms with van der Waals surface area (Å²) in [5.74, 6) is 0.763. The predicted molar refractivity (Wildman–Crippen MR) is 109 cm³/mol. The van der Waals surface area contributed by atoms with Gasteiger partial charge < -0.3 is 20.3 Å². The third-order valence-electron chi connectivity index (χ3n) is 5.19. The highest BCUT2D eigenvalue weighted by Crippen LogP contribution is 2.41. The number of aliphatic hydroxyl groups is 2. The molecule has 8 heteroatoms. The molecule has 0 aliphatic carbocycles. The third-order valence-corrected chi connectivity index (χ3v) is 5.19. The Hall–Kier alpha value is -3.33. The van der Waals surface area contributed by atoms with Gasteiger partial charge >= 0.3 is 0 Å². The van der Waals surface area contributed by atoms with Crippen LogP contribution in [0, 0.1) is 5.82 Å². The number of aliphatic hydroxyl groups excluding tert-OH is 2. The Morgan fingerprint density at radius 1 is 1.03 bits per heavy atom. The smallest absolute Gasteiger partial charge is 0.165 e. The second-order valence-electron chi connectivity index (χ2n) is 7.15. The van der Waals surface area contributed by atoms with Crippen LogP contribution >= 0.6 is 0 Å². The van der Waals surface area contributed by atoms with Crippen LogP contribution in [0.25, 0.3) is 22.5 Å². The summed E-state index contributed by atoms with van der Waals surface area (Å²) in [6, 6.07) is 15.7. The number of ether oxygens (including phenoxy) is 1. The van der Waals surface area contributed by atoms with Crippen LogP contribution in [-0.2, 0) is 4.74 Å². The van der Waals surface area contributed by atoms with Gasteiger partial charge in [0.15, 0.2) is 6.23 Å². The lowest BCUT2D eigenvalue weighted by Crippen LogP contribution is -2.29. The van der Waals surface area contributed by atoms with Crippen molar-refractivity contribution in [1.29, 1.82) is 0 Å². The average molecular weight is 406 g/mol. The Labute approximate surface area is 171 Å². The van der Waals surface area contributed by atoms with Gasteiger partial charge in [0.05, 0.1) is 12.2 Å². The number of aromatic nitrogens is 3. The van der Waals surface area contributed by atoms with Crippen LogP contribution in [0.5, 0.6) is 0 Å². The summed E-state index contributed by atoms with van der Waals surface area (Å²) in [4.78, 5) is 9.10. The molecule has 0 aromatic heterocycles. The van der Waals surface area contributed by atoms with Crippen molar-refractivity contribution in [3.8, 4) is 22.5 Å². The van der Waals surface area contributed by atoms with Crippen LogP contribution in [0.2, 0.25) is 0 Å². The van der Waals surface area contributed by atoms with Crippen LogP contribution in [0.4, 0.5) is 15.9 Å². The molecule has 3 N–H and O–H groups in total. The maximum Gasteiger partial charge on any atom is 0.165 e. The molecule has 0 spiro atoms. The molecular formula is C22H19FN4O3. The number of nitrogens with zero attached hydrogens (tertiary/aromatic N) is 3. The van der Waals surface area contributed by atoms with Gasteiger partial charge in [0.25, 0.3) is 0 Å². The molecule has 0 amide bonds. The zero-order chi connectivity index (χ0) is 20.7. The molecule has 2 aromatic carbocycles. The van der Waals surface area contributed by atoms with E-state index in [1.165, 1.54) is 18.5 Å². The van der Waals surface area contributed by atoms with E-state index in [2.05, 4.69) is 15.3 Å². The van der Waals surface area contributed by atoms with E-state index < -0.39 is 18.4 Å². The van der Waals surface area contributed by atoms with Crippen molar-refractivity contribution in [2.75, 3.05) is 11.9 Å². The molecule has 5 rings (SSSR count). The van der Waals surface area contributed by atoms with E-state index in [-0.39, 0.29) is 12.4 Å². The molecule has 3 aliphatic heterocycles. The molecule has 3 heterocycles. The zero-order valence-electron chi connectivity index (χ0n) is 15.8. The molecule has 1 fully saturated rings. The first-order valence-corrected chi connectivity index (χ1v) is 9.53. The Morgan fingerprint density at radius 2 is 1.80 bits per heavy atom. The number of nitrogens with one attached hydrogen (secondary N) is 1. The van der Waals surface area contributed by atoms with Crippen LogP contribution in [0.15, 0.2) is 67.1 Å². The Morgan fingerprint density at radius 3 is 2.50 bits per heavy atom. The second-order valence-corrected chi connectivity index (χ2v) is 7.15. The molecule has 3 atom stereocenters. The normalized spacial score (nSPS) is 21.2. The minimum absolute atomic E-state index is 0.0299. The van der Waals surface area contributed by atoms with Gasteiger partial charge in [-0.2, -0.15) is 0 Å². The zero-order valence-corrected chi connectivity index (χ0v) is 15.8. The number of anilines is 2. The van der Waals surface area contributed by atoms with E-state index in [4.69, 9.17) is 4.74 Å². The highest BCUT2D eigenvalue weighted by atomic mass is 19.1. The molecule has 0 radical (unpaired) electrons. The van der Waals surface area contributed by atoms with E-state index in [9.17, 15) is 14.6 Å². The van der Waals surface area contributed by atoms with E-state index >= 15 is 0 Å². The maximum atomic E-state index is 13.3. The van der Waals surface area contributed by atoms with Crippen molar-refractivity contribution in [1.82, 2.24) is 14.5 Å². The number of fused-ring (bicyclic) bond motifs is 1. The second kappa shape index (κ2) is 7.49. The number of halogens is 1. The number of hydrogen-bond donors (Lipinski definition) is 3. The largest absolute Gasteiger partial charge is 0.388 e. The van der Waals surface area contributed by atoms with Crippen LogP contribution in [-0.4, -0.2) is 43.6 Å². The molecule has 2 aromatic rings. The van der Waals surface area contributed by atoms with E-state index in [1.807, 2.05) is 30.3 Å². The van der Waals surface area contributed by atoms with E-state index in [1.54, 1.807) is 22.9 Å². The van der Waals surface area contributed by atoms with Gasteiger partial charge in [-0.05, 0) is 29.8 Å². The highest BCUT2D eigenvalue weighted by Gasteiger charge is 2.38. The van der Waals surface area contributed by atoms with Crippen molar-refractivity contribution in [3.63, 3.8) is 0 Å². The first-order chi connectivity index (χ1) is 14.6. The fourth-order valence-electron chi connectivity index (χ4n) is 3.66. The Bertz CT molecular complexity index is 1130. The van der Waals surface area contributed by atoms with Gasteiger partial charge in [0, 0.05) is 17.4 Å². The summed E-state index contributed by atoms with van der Waals surface area (Å²) in [5, 5.41) is 23.4. The van der Waals surface area contributed by atoms with Crippen molar-refractivity contribution in [2.24, 2.45) is 0 Å². The van der Waals surface area contributed by atoms with Gasteiger partial charge in [0.1, 0.15) is 36.0 Å². The molecule has 3 aliphatic rings. The van der Waals surface area contributed by atoms with E-state index in [0.29, 0.717) is 17.3 Å². The lowest BCUT2D eigenvalue weighted by atomic mass is 10.0. The topological polar surface area (TPSA) is 92.4 Å². The minimum Gasteiger partial charge on any atom is -0.388 e. The highest BCUT2D eigenvalue weighted by molar-refractivity contribution is 5.90. The standard InChI is InChI=1S/C22H19FN4O3/c23-14-6-8-15(9-7-14)26-20-18-16(13-4-2-1-3-5-13)10-24-21(18)27(12-25-20)22-19(29)17(28)11-30-22/h1-10,12,17,19,22,26,28-29H,11H2/t17-,19-,22-/m1/s1. The number of hydrogen-bond acceptors (Lipinski definition) is 6. The monoisotopic (exact) mass is 406 g/mol. The summed E-state index contributed by atoms with van der Waals surface area (Å²) >= 11 is 0. The van der Waals surface area contributed by atoms with Crippen molar-refractivity contribution in [3.05, 3.63) is 72.9 Å². The Balaban J connectivity index is 1.63. The fraction of sp³-hybridized carbons (Fsp3) is 0.182. The minimum atomic E-state index is -1.09. The molecule has 30 heavy (non-hydrogen) atoms. The van der Waals surface area contributed by atoms with Crippen molar-refractivity contribution in [2.45, 2.75) is 18.4 Å². The van der Waals surface area contributed by atoms with Gasteiger partial charge in [-0.15, -0.1) is 0 Å². The summed E-state index contributed by atoms with van der Waals surface area (Å²) in [5.41, 5.74) is 3.21. The summed E-state index contributed by atoms with van der Waals surface area (Å²) < 4.78 is 20.5. The predicted octanol–water partition coefficient (Wildman–Crippen LogP) is 3.18. The van der Waals surface area contributed by atoms with Gasteiger partial charge in [-0.25, -0.2) is 14.4 Å². The van der Waals surface area contributed by atoms with Crippen LogP contribution < -0.4 is 5.32 Å². The van der Waals surface area contributed by atoms with Crippen molar-refractivity contribution >= 4 is 11.5 Å². The molecule has 0 unspecified atom stereocenters. The van der Waals surface area contributed by atoms with Gasteiger partial charge in [0.2, 0.25) is 0 Å². The van der Waals surface area contributed by atoms with Crippen LogP contribution in [0.3, 0.4) is 0 Å². The first kappa shape index (κ1) is 18.7.